The number of quaternary nitrogens is 1. The molecule has 2 rings (SSSR count). The Labute approximate surface area is 178 Å². The fraction of sp³-hybridized carbons (Fsp3) is 0.391. The number of carbonyl (C=O) groups is 2. The third-order valence-corrected chi connectivity index (χ3v) is 5.45. The number of halogens is 1. The molecule has 0 saturated heterocycles. The minimum absolute atomic E-state index is 0.0732. The summed E-state index contributed by atoms with van der Waals surface area (Å²) >= 11 is 6.06. The van der Waals surface area contributed by atoms with E-state index in [1.165, 1.54) is 11.1 Å². The number of hydrogen-bond donors (Lipinski definition) is 3. The summed E-state index contributed by atoms with van der Waals surface area (Å²) in [7, 11) is 0. The van der Waals surface area contributed by atoms with Crippen molar-refractivity contribution in [1.82, 2.24) is 5.32 Å². The average molecular weight is 417 g/mol. The minimum Gasteiger partial charge on any atom is -0.342 e. The number of carbonyl (C=O) groups excluding carboxylic acids is 2. The smallest absolute Gasteiger partial charge is 0.275 e. The topological polar surface area (TPSA) is 74.8 Å². The molecule has 1 atom stereocenters. The summed E-state index contributed by atoms with van der Waals surface area (Å²) in [5.41, 5.74) is 3.96. The maximum absolute atomic E-state index is 12.2. The molecule has 0 aliphatic rings. The van der Waals surface area contributed by atoms with Gasteiger partial charge < -0.3 is 16.0 Å². The summed E-state index contributed by atoms with van der Waals surface area (Å²) < 4.78 is 0. The summed E-state index contributed by atoms with van der Waals surface area (Å²) in [6.45, 7) is 8.46. The summed E-state index contributed by atoms with van der Waals surface area (Å²) in [6.07, 6.45) is 1.01. The molecule has 0 aliphatic carbocycles. The molecule has 2 aromatic carbocycles. The van der Waals surface area contributed by atoms with Crippen molar-refractivity contribution in [3.05, 3.63) is 64.2 Å². The molecular weight excluding hydrogens is 386 g/mol. The second-order valence-electron chi connectivity index (χ2n) is 7.54. The Morgan fingerprint density at radius 1 is 1.07 bits per heavy atom. The van der Waals surface area contributed by atoms with Gasteiger partial charge in [0, 0.05) is 22.2 Å². The van der Waals surface area contributed by atoms with Crippen LogP contribution in [0.15, 0.2) is 42.5 Å². The van der Waals surface area contributed by atoms with Gasteiger partial charge in [-0.15, -0.1) is 0 Å². The Morgan fingerprint density at radius 2 is 1.76 bits per heavy atom. The fourth-order valence-corrected chi connectivity index (χ4v) is 3.37. The van der Waals surface area contributed by atoms with Crippen LogP contribution in [0.2, 0.25) is 5.02 Å². The number of nitrogens with two attached hydrogens (primary N) is 1. The normalized spacial score (nSPS) is 11.9. The lowest BCUT2D eigenvalue weighted by Gasteiger charge is -2.19. The van der Waals surface area contributed by atoms with Crippen LogP contribution in [0.5, 0.6) is 0 Å². The zero-order valence-electron chi connectivity index (χ0n) is 17.6. The molecule has 0 fully saturated rings. The van der Waals surface area contributed by atoms with Crippen molar-refractivity contribution in [3.63, 3.8) is 0 Å². The molecular formula is C23H31ClN3O2+. The molecule has 0 heterocycles. The lowest BCUT2D eigenvalue weighted by atomic mass is 9.95. The van der Waals surface area contributed by atoms with Crippen molar-refractivity contribution in [2.24, 2.45) is 5.92 Å². The van der Waals surface area contributed by atoms with Crippen molar-refractivity contribution in [2.45, 2.75) is 40.2 Å². The van der Waals surface area contributed by atoms with E-state index < -0.39 is 0 Å². The van der Waals surface area contributed by atoms with Gasteiger partial charge in [-0.2, -0.15) is 0 Å². The maximum Gasteiger partial charge on any atom is 0.275 e. The van der Waals surface area contributed by atoms with Gasteiger partial charge in [0.25, 0.3) is 5.91 Å². The van der Waals surface area contributed by atoms with Crippen molar-refractivity contribution in [3.8, 4) is 0 Å². The summed E-state index contributed by atoms with van der Waals surface area (Å²) in [6, 6.07) is 14.1. The van der Waals surface area contributed by atoms with Crippen LogP contribution in [0.1, 0.15) is 43.5 Å². The van der Waals surface area contributed by atoms with Crippen molar-refractivity contribution < 1.29 is 14.9 Å². The summed E-state index contributed by atoms with van der Waals surface area (Å²) in [5.74, 6) is -0.0672. The van der Waals surface area contributed by atoms with Crippen molar-refractivity contribution in [2.75, 3.05) is 18.4 Å². The highest BCUT2D eigenvalue weighted by Crippen LogP contribution is 2.22. The first-order valence-corrected chi connectivity index (χ1v) is 10.4. The van der Waals surface area contributed by atoms with Crippen molar-refractivity contribution >= 4 is 29.1 Å². The average Bonchev–Trinajstić information content (AvgIpc) is 2.70. The van der Waals surface area contributed by atoms with Crippen LogP contribution in [0, 0.1) is 12.8 Å². The van der Waals surface area contributed by atoms with E-state index in [4.69, 9.17) is 11.6 Å². The molecule has 0 bridgehead atoms. The SMILES string of the molecule is CCc1ccc([C@@H]([NH2+]CC(=O)NCC(=O)Nc2cccc(Cl)c2C)C(C)C)cc1. The first-order valence-electron chi connectivity index (χ1n) is 10.1. The van der Waals surface area contributed by atoms with E-state index in [1.54, 1.807) is 18.2 Å². The molecule has 0 unspecified atom stereocenters. The molecule has 0 saturated carbocycles. The predicted molar refractivity (Wildman–Crippen MR) is 118 cm³/mol. The van der Waals surface area contributed by atoms with Crippen molar-refractivity contribution in [1.29, 1.82) is 0 Å². The summed E-state index contributed by atoms with van der Waals surface area (Å²) in [4.78, 5) is 24.4. The molecule has 156 valence electrons. The van der Waals surface area contributed by atoms with Gasteiger partial charge in [-0.1, -0.05) is 62.7 Å². The molecule has 0 aliphatic heterocycles. The minimum atomic E-state index is -0.278. The molecule has 0 radical (unpaired) electrons. The zero-order chi connectivity index (χ0) is 21.4. The highest BCUT2D eigenvalue weighted by atomic mass is 35.5. The van der Waals surface area contributed by atoms with Gasteiger partial charge in [0.1, 0.15) is 6.04 Å². The van der Waals surface area contributed by atoms with Crippen LogP contribution >= 0.6 is 11.6 Å². The molecule has 6 heteroatoms. The zero-order valence-corrected chi connectivity index (χ0v) is 18.3. The maximum atomic E-state index is 12.2. The fourth-order valence-electron chi connectivity index (χ4n) is 3.19. The van der Waals surface area contributed by atoms with Gasteiger partial charge >= 0.3 is 0 Å². The Bertz CT molecular complexity index is 835. The molecule has 2 aromatic rings. The van der Waals surface area contributed by atoms with E-state index in [0.29, 0.717) is 16.6 Å². The molecule has 2 amide bonds. The van der Waals surface area contributed by atoms with Gasteiger partial charge in [-0.25, -0.2) is 0 Å². The Balaban J connectivity index is 1.84. The highest BCUT2D eigenvalue weighted by molar-refractivity contribution is 6.31. The lowest BCUT2D eigenvalue weighted by Crippen LogP contribution is -2.88. The van der Waals surface area contributed by atoms with E-state index in [2.05, 4.69) is 55.7 Å². The third kappa shape index (κ3) is 6.87. The Kier molecular flexibility index (Phi) is 8.68. The van der Waals surface area contributed by atoms with Crippen LogP contribution in [-0.2, 0) is 16.0 Å². The largest absolute Gasteiger partial charge is 0.342 e. The van der Waals surface area contributed by atoms with Gasteiger partial charge in [0.05, 0.1) is 6.54 Å². The Hall–Kier alpha value is -2.37. The number of anilines is 1. The van der Waals surface area contributed by atoms with E-state index in [-0.39, 0.29) is 30.9 Å². The molecule has 0 spiro atoms. The molecule has 5 nitrogen and oxygen atoms in total. The lowest BCUT2D eigenvalue weighted by molar-refractivity contribution is -0.692. The number of hydrogen-bond acceptors (Lipinski definition) is 2. The van der Waals surface area contributed by atoms with Gasteiger partial charge in [0.2, 0.25) is 5.91 Å². The second-order valence-corrected chi connectivity index (χ2v) is 7.95. The number of benzene rings is 2. The Morgan fingerprint density at radius 3 is 2.38 bits per heavy atom. The standard InChI is InChI=1S/C23H30ClN3O2/c1-5-17-9-11-18(12-10-17)23(15(2)3)26-13-21(28)25-14-22(29)27-20-8-6-7-19(24)16(20)4/h6-12,15,23,26H,5,13-14H2,1-4H3,(H,25,28)(H,27,29)/p+1/t23-/m0/s1. The van der Waals surface area contributed by atoms with Gasteiger partial charge in [-0.05, 0) is 36.6 Å². The first-order chi connectivity index (χ1) is 13.8. The van der Waals surface area contributed by atoms with Gasteiger partial charge in [-0.3, -0.25) is 9.59 Å². The number of nitrogens with one attached hydrogen (secondary N) is 2. The van der Waals surface area contributed by atoms with E-state index >= 15 is 0 Å². The molecule has 0 aromatic heterocycles. The van der Waals surface area contributed by atoms with E-state index in [1.807, 2.05) is 12.2 Å². The monoisotopic (exact) mass is 416 g/mol. The molecule has 29 heavy (non-hydrogen) atoms. The van der Waals surface area contributed by atoms with Crippen LogP contribution in [0.3, 0.4) is 0 Å². The van der Waals surface area contributed by atoms with Gasteiger partial charge in [0.15, 0.2) is 6.54 Å². The number of amides is 2. The highest BCUT2D eigenvalue weighted by Gasteiger charge is 2.20. The van der Waals surface area contributed by atoms with E-state index in [9.17, 15) is 9.59 Å². The summed E-state index contributed by atoms with van der Waals surface area (Å²) in [5, 5.41) is 8.08. The quantitative estimate of drug-likeness (QED) is 0.587. The molecule has 4 N–H and O–H groups in total. The number of rotatable bonds is 9. The second kappa shape index (κ2) is 11.0. The van der Waals surface area contributed by atoms with Crippen LogP contribution in [0.25, 0.3) is 0 Å². The third-order valence-electron chi connectivity index (χ3n) is 5.04. The van der Waals surface area contributed by atoms with Crippen LogP contribution in [0.4, 0.5) is 5.69 Å². The number of aryl methyl sites for hydroxylation is 1. The predicted octanol–water partition coefficient (Wildman–Crippen LogP) is 3.23. The van der Waals surface area contributed by atoms with Crippen LogP contribution in [-0.4, -0.2) is 24.9 Å². The first kappa shape index (κ1) is 22.9. The van der Waals surface area contributed by atoms with Crippen LogP contribution < -0.4 is 16.0 Å². The van der Waals surface area contributed by atoms with E-state index in [0.717, 1.165) is 12.0 Å².